The van der Waals surface area contributed by atoms with Crippen molar-refractivity contribution < 1.29 is 0 Å². The van der Waals surface area contributed by atoms with Gasteiger partial charge in [0.2, 0.25) is 0 Å². The highest BCUT2D eigenvalue weighted by atomic mass is 35.5. The molecule has 0 aromatic heterocycles. The zero-order valence-corrected chi connectivity index (χ0v) is 7.93. The second kappa shape index (κ2) is 6.94. The fraction of sp³-hybridized carbons (Fsp3) is 1.00. The molecule has 0 N–H and O–H groups in total. The lowest BCUT2D eigenvalue weighted by Gasteiger charge is -2.18. The summed E-state index contributed by atoms with van der Waals surface area (Å²) >= 11 is 11.1. The minimum Gasteiger partial charge on any atom is -0.304 e. The highest BCUT2D eigenvalue weighted by molar-refractivity contribution is 6.21. The number of hydrogen-bond acceptors (Lipinski definition) is 1. The standard InChI is InChI=1S/C5H11Cl2N.ClH/c1-8(2)5(3-6)4-7;/h5H,3-4H2,1-2H3;1H. The molecule has 0 bridgehead atoms. The van der Waals surface area contributed by atoms with Gasteiger partial charge in [-0.15, -0.1) is 35.6 Å². The van der Waals surface area contributed by atoms with E-state index >= 15 is 0 Å². The van der Waals surface area contributed by atoms with E-state index in [1.807, 2.05) is 19.0 Å². The molecule has 1 nitrogen and oxygen atoms in total. The molecular weight excluding hydrogens is 180 g/mol. The van der Waals surface area contributed by atoms with Gasteiger partial charge in [0.1, 0.15) is 0 Å². The van der Waals surface area contributed by atoms with Crippen LogP contribution in [0.3, 0.4) is 0 Å². The summed E-state index contributed by atoms with van der Waals surface area (Å²) in [5.74, 6) is 1.22. The Morgan fingerprint density at radius 2 is 1.56 bits per heavy atom. The average Bonchev–Trinajstić information content (AvgIpc) is 1.69. The summed E-state index contributed by atoms with van der Waals surface area (Å²) in [6, 6.07) is 0.318. The van der Waals surface area contributed by atoms with Gasteiger partial charge in [0.25, 0.3) is 0 Å². The van der Waals surface area contributed by atoms with E-state index in [4.69, 9.17) is 23.2 Å². The van der Waals surface area contributed by atoms with E-state index in [-0.39, 0.29) is 12.4 Å². The first-order valence-electron chi connectivity index (χ1n) is 2.50. The summed E-state index contributed by atoms with van der Waals surface area (Å²) < 4.78 is 0. The Balaban J connectivity index is 0. The Hall–Kier alpha value is 0.830. The smallest absolute Gasteiger partial charge is 0.0391 e. The van der Waals surface area contributed by atoms with Crippen LogP contribution in [0.4, 0.5) is 0 Å². The molecule has 0 radical (unpaired) electrons. The van der Waals surface area contributed by atoms with Gasteiger partial charge in [-0.3, -0.25) is 0 Å². The van der Waals surface area contributed by atoms with Crippen molar-refractivity contribution in [2.75, 3.05) is 25.9 Å². The molecule has 0 amide bonds. The molecule has 0 aliphatic heterocycles. The van der Waals surface area contributed by atoms with Crippen LogP contribution in [0.25, 0.3) is 0 Å². The van der Waals surface area contributed by atoms with E-state index in [0.717, 1.165) is 0 Å². The Bertz CT molecular complexity index is 54.2. The van der Waals surface area contributed by atoms with Crippen molar-refractivity contribution in [3.05, 3.63) is 0 Å². The molecule has 0 saturated carbocycles. The first kappa shape index (κ1) is 12.5. The lowest BCUT2D eigenvalue weighted by Crippen LogP contribution is -2.30. The third kappa shape index (κ3) is 5.28. The predicted molar refractivity (Wildman–Crippen MR) is 46.2 cm³/mol. The number of nitrogens with zero attached hydrogens (tertiary/aromatic N) is 1. The predicted octanol–water partition coefficient (Wildman–Crippen LogP) is 1.82. The molecule has 0 rings (SSSR count). The van der Waals surface area contributed by atoms with Crippen molar-refractivity contribution in [2.24, 2.45) is 0 Å². The van der Waals surface area contributed by atoms with Crippen LogP contribution in [0, 0.1) is 0 Å². The van der Waals surface area contributed by atoms with Crippen molar-refractivity contribution in [3.63, 3.8) is 0 Å². The highest BCUT2D eigenvalue weighted by Gasteiger charge is 2.05. The van der Waals surface area contributed by atoms with Crippen LogP contribution in [0.15, 0.2) is 0 Å². The van der Waals surface area contributed by atoms with Crippen LogP contribution in [0.2, 0.25) is 0 Å². The molecular formula is C5H12Cl3N. The van der Waals surface area contributed by atoms with Crippen LogP contribution in [-0.2, 0) is 0 Å². The van der Waals surface area contributed by atoms with Crippen molar-refractivity contribution >= 4 is 35.6 Å². The van der Waals surface area contributed by atoms with Crippen LogP contribution < -0.4 is 0 Å². The molecule has 0 unspecified atom stereocenters. The molecule has 0 aromatic rings. The average molecular weight is 193 g/mol. The van der Waals surface area contributed by atoms with Crippen LogP contribution in [0.1, 0.15) is 0 Å². The fourth-order valence-corrected chi connectivity index (χ4v) is 1.20. The van der Waals surface area contributed by atoms with Crippen molar-refractivity contribution in [1.29, 1.82) is 0 Å². The summed E-state index contributed by atoms with van der Waals surface area (Å²) in [7, 11) is 3.94. The molecule has 0 spiro atoms. The van der Waals surface area contributed by atoms with E-state index in [9.17, 15) is 0 Å². The Morgan fingerprint density at radius 3 is 1.56 bits per heavy atom. The number of rotatable bonds is 3. The topological polar surface area (TPSA) is 3.24 Å². The minimum absolute atomic E-state index is 0. The third-order valence-electron chi connectivity index (χ3n) is 1.09. The number of halogens is 3. The van der Waals surface area contributed by atoms with Gasteiger partial charge in [0.15, 0.2) is 0 Å². The van der Waals surface area contributed by atoms with E-state index < -0.39 is 0 Å². The SMILES string of the molecule is CN(C)C(CCl)CCl.Cl. The quantitative estimate of drug-likeness (QED) is 0.617. The first-order chi connectivity index (χ1) is 3.72. The van der Waals surface area contributed by atoms with Gasteiger partial charge in [-0.1, -0.05) is 0 Å². The second-order valence-electron chi connectivity index (χ2n) is 1.93. The van der Waals surface area contributed by atoms with Crippen LogP contribution in [-0.4, -0.2) is 36.8 Å². The van der Waals surface area contributed by atoms with E-state index in [0.29, 0.717) is 17.8 Å². The van der Waals surface area contributed by atoms with E-state index in [1.54, 1.807) is 0 Å². The summed E-state index contributed by atoms with van der Waals surface area (Å²) in [5, 5.41) is 0. The maximum Gasteiger partial charge on any atom is 0.0391 e. The minimum atomic E-state index is 0. The Morgan fingerprint density at radius 1 is 1.22 bits per heavy atom. The highest BCUT2D eigenvalue weighted by Crippen LogP contribution is 1.97. The van der Waals surface area contributed by atoms with Gasteiger partial charge in [0.05, 0.1) is 0 Å². The van der Waals surface area contributed by atoms with E-state index in [1.165, 1.54) is 0 Å². The van der Waals surface area contributed by atoms with Gasteiger partial charge in [-0.05, 0) is 14.1 Å². The molecule has 58 valence electrons. The largest absolute Gasteiger partial charge is 0.304 e. The van der Waals surface area contributed by atoms with Crippen molar-refractivity contribution in [1.82, 2.24) is 4.90 Å². The van der Waals surface area contributed by atoms with Crippen molar-refractivity contribution in [3.8, 4) is 0 Å². The summed E-state index contributed by atoms with van der Waals surface area (Å²) in [6.07, 6.45) is 0. The Labute approximate surface area is 72.7 Å². The number of hydrogen-bond donors (Lipinski definition) is 0. The normalized spacial score (nSPS) is 10.0. The zero-order chi connectivity index (χ0) is 6.57. The molecule has 9 heavy (non-hydrogen) atoms. The fourth-order valence-electron chi connectivity index (χ4n) is 0.317. The van der Waals surface area contributed by atoms with Gasteiger partial charge in [-0.2, -0.15) is 0 Å². The van der Waals surface area contributed by atoms with Gasteiger partial charge < -0.3 is 4.90 Å². The third-order valence-corrected chi connectivity index (χ3v) is 1.80. The monoisotopic (exact) mass is 191 g/mol. The van der Waals surface area contributed by atoms with Gasteiger partial charge in [-0.25, -0.2) is 0 Å². The zero-order valence-electron chi connectivity index (χ0n) is 5.60. The molecule has 0 saturated heterocycles. The van der Waals surface area contributed by atoms with Gasteiger partial charge >= 0.3 is 0 Å². The molecule has 0 atom stereocenters. The van der Waals surface area contributed by atoms with Crippen LogP contribution >= 0.6 is 35.6 Å². The first-order valence-corrected chi connectivity index (χ1v) is 3.57. The maximum atomic E-state index is 5.54. The molecule has 0 aromatic carbocycles. The number of alkyl halides is 2. The van der Waals surface area contributed by atoms with Crippen LogP contribution in [0.5, 0.6) is 0 Å². The molecule has 0 fully saturated rings. The summed E-state index contributed by atoms with van der Waals surface area (Å²) in [4.78, 5) is 2.01. The summed E-state index contributed by atoms with van der Waals surface area (Å²) in [6.45, 7) is 0. The maximum absolute atomic E-state index is 5.54. The lowest BCUT2D eigenvalue weighted by molar-refractivity contribution is 0.342. The van der Waals surface area contributed by atoms with Gasteiger partial charge in [0, 0.05) is 17.8 Å². The molecule has 0 aliphatic carbocycles. The molecule has 4 heteroatoms. The molecule has 0 heterocycles. The lowest BCUT2D eigenvalue weighted by atomic mass is 10.4. The Kier molecular flexibility index (Phi) is 9.64. The van der Waals surface area contributed by atoms with E-state index in [2.05, 4.69) is 0 Å². The second-order valence-corrected chi connectivity index (χ2v) is 2.54. The summed E-state index contributed by atoms with van der Waals surface area (Å²) in [5.41, 5.74) is 0. The van der Waals surface area contributed by atoms with Crippen molar-refractivity contribution in [2.45, 2.75) is 6.04 Å². The molecule has 0 aliphatic rings.